The minimum atomic E-state index is -0.521. The van der Waals surface area contributed by atoms with Crippen LogP contribution in [0.5, 0.6) is 0 Å². The first-order valence-corrected chi connectivity index (χ1v) is 9.18. The Morgan fingerprint density at radius 2 is 1.83 bits per heavy atom. The molecule has 0 amide bonds. The lowest BCUT2D eigenvalue weighted by molar-refractivity contribution is 0.628. The molecule has 0 spiro atoms. The molecular formula is C21H12Cl2FN5. The van der Waals surface area contributed by atoms with E-state index in [1.165, 1.54) is 18.3 Å². The molecule has 0 saturated carbocycles. The van der Waals surface area contributed by atoms with E-state index in [4.69, 9.17) is 28.9 Å². The minimum Gasteiger partial charge on any atom is -0.396 e. The number of fused-ring (bicyclic) bond motifs is 1. The van der Waals surface area contributed by atoms with E-state index in [0.29, 0.717) is 33.5 Å². The Kier molecular flexibility index (Phi) is 4.93. The number of pyridine rings is 2. The Bertz CT molecular complexity index is 1300. The van der Waals surface area contributed by atoms with Crippen LogP contribution in [0.2, 0.25) is 10.2 Å². The summed E-state index contributed by atoms with van der Waals surface area (Å²) < 4.78 is 13.5. The standard InChI is InChI=1S/C21H12Cl2FN5/c22-16-7-14(2-3-17(16)24)29-20-13(8-25)10-27-19-4-1-11(5-15(19)20)12-6-18(26)21(23)28-9-12/h1-7,9-10H,26H2,(H,27,29). The van der Waals surface area contributed by atoms with Gasteiger partial charge < -0.3 is 11.1 Å². The first-order valence-electron chi connectivity index (χ1n) is 8.42. The topological polar surface area (TPSA) is 87.6 Å². The minimum absolute atomic E-state index is 0.0183. The van der Waals surface area contributed by atoms with Crippen molar-refractivity contribution in [3.63, 3.8) is 0 Å². The van der Waals surface area contributed by atoms with Crippen molar-refractivity contribution in [1.29, 1.82) is 5.26 Å². The van der Waals surface area contributed by atoms with Crippen LogP contribution >= 0.6 is 23.2 Å². The predicted octanol–water partition coefficient (Wildman–Crippen LogP) is 5.94. The Morgan fingerprint density at radius 1 is 1.00 bits per heavy atom. The molecule has 4 aromatic rings. The van der Waals surface area contributed by atoms with E-state index < -0.39 is 5.82 Å². The molecule has 3 N–H and O–H groups in total. The molecular weight excluding hydrogens is 412 g/mol. The predicted molar refractivity (Wildman–Crippen MR) is 114 cm³/mol. The summed E-state index contributed by atoms with van der Waals surface area (Å²) >= 11 is 11.8. The maximum Gasteiger partial charge on any atom is 0.151 e. The highest BCUT2D eigenvalue weighted by atomic mass is 35.5. The molecule has 5 nitrogen and oxygen atoms in total. The molecule has 0 aliphatic carbocycles. The highest BCUT2D eigenvalue weighted by molar-refractivity contribution is 6.32. The van der Waals surface area contributed by atoms with Crippen molar-refractivity contribution in [3.05, 3.63) is 76.4 Å². The molecule has 0 unspecified atom stereocenters. The molecule has 0 atom stereocenters. The summed E-state index contributed by atoms with van der Waals surface area (Å²) in [7, 11) is 0. The Morgan fingerprint density at radius 3 is 2.55 bits per heavy atom. The Labute approximate surface area is 175 Å². The van der Waals surface area contributed by atoms with Crippen molar-refractivity contribution in [2.75, 3.05) is 11.1 Å². The molecule has 0 fully saturated rings. The van der Waals surface area contributed by atoms with Gasteiger partial charge in [0.15, 0.2) is 5.15 Å². The van der Waals surface area contributed by atoms with Crippen molar-refractivity contribution in [3.8, 4) is 17.2 Å². The summed E-state index contributed by atoms with van der Waals surface area (Å²) in [6, 6.07) is 13.7. The molecule has 2 aromatic carbocycles. The smallest absolute Gasteiger partial charge is 0.151 e. The highest BCUT2D eigenvalue weighted by Gasteiger charge is 2.12. The SMILES string of the molecule is N#Cc1cnc2ccc(-c3cnc(Cl)c(N)c3)cc2c1Nc1ccc(F)c(Cl)c1. The number of anilines is 3. The van der Waals surface area contributed by atoms with E-state index in [-0.39, 0.29) is 10.2 Å². The number of aromatic nitrogens is 2. The average Bonchev–Trinajstić information content (AvgIpc) is 2.72. The van der Waals surface area contributed by atoms with Gasteiger partial charge in [0, 0.05) is 29.0 Å². The molecule has 8 heteroatoms. The van der Waals surface area contributed by atoms with Crippen LogP contribution in [0.25, 0.3) is 22.0 Å². The second kappa shape index (κ2) is 7.55. The van der Waals surface area contributed by atoms with Gasteiger partial charge in [-0.2, -0.15) is 5.26 Å². The van der Waals surface area contributed by atoms with Crippen LogP contribution in [0.15, 0.2) is 54.9 Å². The van der Waals surface area contributed by atoms with Gasteiger partial charge in [0.2, 0.25) is 0 Å². The quantitative estimate of drug-likeness (QED) is 0.398. The number of hydrogen-bond donors (Lipinski definition) is 2. The Balaban J connectivity index is 1.88. The third kappa shape index (κ3) is 3.66. The second-order valence-corrected chi connectivity index (χ2v) is 7.01. The molecule has 29 heavy (non-hydrogen) atoms. The maximum atomic E-state index is 13.5. The summed E-state index contributed by atoms with van der Waals surface area (Å²) in [5, 5.41) is 13.6. The van der Waals surface area contributed by atoms with E-state index in [0.717, 1.165) is 11.1 Å². The summed E-state index contributed by atoms with van der Waals surface area (Å²) in [4.78, 5) is 8.43. The molecule has 2 aromatic heterocycles. The highest BCUT2D eigenvalue weighted by Crippen LogP contribution is 2.34. The maximum absolute atomic E-state index is 13.5. The summed E-state index contributed by atoms with van der Waals surface area (Å²) in [5.41, 5.74) is 9.93. The number of nitrogen functional groups attached to an aromatic ring is 1. The zero-order valence-electron chi connectivity index (χ0n) is 14.7. The fraction of sp³-hybridized carbons (Fsp3) is 0. The average molecular weight is 424 g/mol. The van der Waals surface area contributed by atoms with Crippen molar-refractivity contribution >= 4 is 51.2 Å². The fourth-order valence-corrected chi connectivity index (χ4v) is 3.22. The van der Waals surface area contributed by atoms with Crippen LogP contribution in [-0.2, 0) is 0 Å². The van der Waals surface area contributed by atoms with Crippen LogP contribution < -0.4 is 11.1 Å². The van der Waals surface area contributed by atoms with E-state index >= 15 is 0 Å². The van der Waals surface area contributed by atoms with Gasteiger partial charge in [0.1, 0.15) is 11.9 Å². The fourth-order valence-electron chi connectivity index (χ4n) is 2.93. The molecule has 0 radical (unpaired) electrons. The Hall–Kier alpha value is -3.40. The molecule has 0 saturated heterocycles. The van der Waals surface area contributed by atoms with Crippen molar-refractivity contribution in [2.24, 2.45) is 0 Å². The van der Waals surface area contributed by atoms with E-state index in [1.807, 2.05) is 18.2 Å². The molecule has 142 valence electrons. The monoisotopic (exact) mass is 423 g/mol. The molecule has 4 rings (SSSR count). The van der Waals surface area contributed by atoms with Crippen LogP contribution in [-0.4, -0.2) is 9.97 Å². The third-order valence-corrected chi connectivity index (χ3v) is 4.98. The second-order valence-electron chi connectivity index (χ2n) is 6.25. The lowest BCUT2D eigenvalue weighted by atomic mass is 10.0. The summed E-state index contributed by atoms with van der Waals surface area (Å²) in [5.74, 6) is -0.521. The third-order valence-electron chi connectivity index (χ3n) is 4.38. The van der Waals surface area contributed by atoms with Crippen LogP contribution in [0, 0.1) is 17.1 Å². The first kappa shape index (κ1) is 18.9. The molecule has 2 heterocycles. The summed E-state index contributed by atoms with van der Waals surface area (Å²) in [6.07, 6.45) is 3.10. The van der Waals surface area contributed by atoms with E-state index in [1.54, 1.807) is 18.3 Å². The summed E-state index contributed by atoms with van der Waals surface area (Å²) in [6.45, 7) is 0. The number of nitrogens with zero attached hydrogens (tertiary/aromatic N) is 3. The van der Waals surface area contributed by atoms with Crippen molar-refractivity contribution < 1.29 is 4.39 Å². The van der Waals surface area contributed by atoms with Gasteiger partial charge in [0.25, 0.3) is 0 Å². The molecule has 0 aliphatic rings. The molecule has 0 bridgehead atoms. The van der Waals surface area contributed by atoms with Gasteiger partial charge >= 0.3 is 0 Å². The number of rotatable bonds is 3. The number of nitriles is 1. The van der Waals surface area contributed by atoms with Crippen LogP contribution in [0.4, 0.5) is 21.5 Å². The van der Waals surface area contributed by atoms with E-state index in [9.17, 15) is 9.65 Å². The number of nitrogens with two attached hydrogens (primary N) is 1. The zero-order valence-corrected chi connectivity index (χ0v) is 16.3. The van der Waals surface area contributed by atoms with Crippen LogP contribution in [0.1, 0.15) is 5.56 Å². The van der Waals surface area contributed by atoms with Gasteiger partial charge in [-0.05, 0) is 42.0 Å². The normalized spacial score (nSPS) is 10.7. The number of halogens is 3. The van der Waals surface area contributed by atoms with Gasteiger partial charge in [-0.3, -0.25) is 4.98 Å². The number of benzene rings is 2. The number of hydrogen-bond acceptors (Lipinski definition) is 5. The molecule has 0 aliphatic heterocycles. The van der Waals surface area contributed by atoms with Crippen LogP contribution in [0.3, 0.4) is 0 Å². The van der Waals surface area contributed by atoms with Gasteiger partial charge in [-0.1, -0.05) is 29.3 Å². The first-order chi connectivity index (χ1) is 14.0. The lowest BCUT2D eigenvalue weighted by Gasteiger charge is -2.13. The van der Waals surface area contributed by atoms with Crippen molar-refractivity contribution in [1.82, 2.24) is 9.97 Å². The van der Waals surface area contributed by atoms with E-state index in [2.05, 4.69) is 21.4 Å². The number of nitrogens with one attached hydrogen (secondary N) is 1. The van der Waals surface area contributed by atoms with Gasteiger partial charge in [-0.25, -0.2) is 9.37 Å². The largest absolute Gasteiger partial charge is 0.396 e. The van der Waals surface area contributed by atoms with Crippen molar-refractivity contribution in [2.45, 2.75) is 0 Å². The van der Waals surface area contributed by atoms with Gasteiger partial charge in [0.05, 0.1) is 27.5 Å². The zero-order chi connectivity index (χ0) is 20.5. The van der Waals surface area contributed by atoms with Gasteiger partial charge in [-0.15, -0.1) is 0 Å². The lowest BCUT2D eigenvalue weighted by Crippen LogP contribution is -1.98.